The zero-order valence-electron chi connectivity index (χ0n) is 17.0. The van der Waals surface area contributed by atoms with Crippen molar-refractivity contribution in [2.24, 2.45) is 7.05 Å². The molecule has 7 heteroatoms. The third kappa shape index (κ3) is 3.60. The van der Waals surface area contributed by atoms with Gasteiger partial charge in [-0.25, -0.2) is 0 Å². The standard InChI is InChI=1S/C22H25N3O4/c1-24-19-10-4-8-16(19)18(23-24)14-25(13-15-7-6-12-29-15)22(26)17-9-5-11-20(27-2)21(17)28-3/h5-7,9,11-12H,4,8,10,13-14H2,1-3H3. The van der Waals surface area contributed by atoms with Crippen molar-refractivity contribution in [3.05, 3.63) is 64.9 Å². The Kier molecular flexibility index (Phi) is 5.29. The fourth-order valence-electron chi connectivity index (χ4n) is 4.02. The summed E-state index contributed by atoms with van der Waals surface area (Å²) in [7, 11) is 5.07. The highest BCUT2D eigenvalue weighted by molar-refractivity contribution is 5.97. The minimum atomic E-state index is -0.158. The van der Waals surface area contributed by atoms with Gasteiger partial charge in [-0.05, 0) is 49.1 Å². The molecule has 2 heterocycles. The van der Waals surface area contributed by atoms with Gasteiger partial charge >= 0.3 is 0 Å². The highest BCUT2D eigenvalue weighted by atomic mass is 16.5. The SMILES string of the molecule is COc1cccc(C(=O)N(Cc2ccco2)Cc2nn(C)c3c2CCC3)c1OC. The van der Waals surface area contributed by atoms with E-state index < -0.39 is 0 Å². The smallest absolute Gasteiger partial charge is 0.258 e. The van der Waals surface area contributed by atoms with Crippen LogP contribution in [0, 0.1) is 0 Å². The van der Waals surface area contributed by atoms with E-state index in [1.807, 2.05) is 23.9 Å². The highest BCUT2D eigenvalue weighted by Gasteiger charge is 2.27. The van der Waals surface area contributed by atoms with Crippen molar-refractivity contribution in [2.45, 2.75) is 32.4 Å². The molecule has 0 bridgehead atoms. The van der Waals surface area contributed by atoms with Gasteiger partial charge in [-0.15, -0.1) is 0 Å². The van der Waals surface area contributed by atoms with E-state index in [0.29, 0.717) is 35.9 Å². The van der Waals surface area contributed by atoms with Gasteiger partial charge in [-0.3, -0.25) is 9.48 Å². The summed E-state index contributed by atoms with van der Waals surface area (Å²) in [4.78, 5) is 15.3. The molecular weight excluding hydrogens is 370 g/mol. The van der Waals surface area contributed by atoms with Crippen molar-refractivity contribution in [1.82, 2.24) is 14.7 Å². The van der Waals surface area contributed by atoms with Crippen LogP contribution in [-0.4, -0.2) is 34.8 Å². The molecule has 7 nitrogen and oxygen atoms in total. The third-order valence-electron chi connectivity index (χ3n) is 5.39. The number of fused-ring (bicyclic) bond motifs is 1. The lowest BCUT2D eigenvalue weighted by molar-refractivity contribution is 0.0710. The van der Waals surface area contributed by atoms with Crippen LogP contribution in [0.5, 0.6) is 11.5 Å². The molecule has 29 heavy (non-hydrogen) atoms. The zero-order valence-corrected chi connectivity index (χ0v) is 17.0. The summed E-state index contributed by atoms with van der Waals surface area (Å²) in [6, 6.07) is 9.01. The van der Waals surface area contributed by atoms with Crippen molar-refractivity contribution < 1.29 is 18.7 Å². The lowest BCUT2D eigenvalue weighted by atomic mass is 10.1. The lowest BCUT2D eigenvalue weighted by Gasteiger charge is -2.23. The number of benzene rings is 1. The van der Waals surface area contributed by atoms with Crippen LogP contribution in [0.4, 0.5) is 0 Å². The summed E-state index contributed by atoms with van der Waals surface area (Å²) < 4.78 is 18.3. The molecule has 0 fully saturated rings. The number of rotatable bonds is 7. The summed E-state index contributed by atoms with van der Waals surface area (Å²) >= 11 is 0. The van der Waals surface area contributed by atoms with Gasteiger partial charge in [-0.1, -0.05) is 6.07 Å². The van der Waals surface area contributed by atoms with Crippen molar-refractivity contribution in [2.75, 3.05) is 14.2 Å². The van der Waals surface area contributed by atoms with E-state index in [1.54, 1.807) is 36.5 Å². The van der Waals surface area contributed by atoms with Crippen LogP contribution in [0.1, 0.15) is 39.5 Å². The van der Waals surface area contributed by atoms with E-state index in [-0.39, 0.29) is 5.91 Å². The maximum atomic E-state index is 13.5. The van der Waals surface area contributed by atoms with E-state index in [0.717, 1.165) is 25.0 Å². The van der Waals surface area contributed by atoms with E-state index >= 15 is 0 Å². The number of ether oxygens (including phenoxy) is 2. The average Bonchev–Trinajstić information content (AvgIpc) is 3.47. The number of methoxy groups -OCH3 is 2. The minimum absolute atomic E-state index is 0.158. The summed E-state index contributed by atoms with van der Waals surface area (Å²) in [5.41, 5.74) is 3.93. The number of hydrogen-bond donors (Lipinski definition) is 0. The largest absolute Gasteiger partial charge is 0.493 e. The Morgan fingerprint density at radius 2 is 2.03 bits per heavy atom. The maximum absolute atomic E-state index is 13.5. The number of nitrogens with zero attached hydrogens (tertiary/aromatic N) is 3. The normalized spacial score (nSPS) is 12.7. The molecule has 152 valence electrons. The number of para-hydroxylation sites is 1. The molecule has 0 saturated heterocycles. The maximum Gasteiger partial charge on any atom is 0.258 e. The van der Waals surface area contributed by atoms with Crippen LogP contribution < -0.4 is 9.47 Å². The van der Waals surface area contributed by atoms with Crippen LogP contribution in [-0.2, 0) is 33.0 Å². The van der Waals surface area contributed by atoms with E-state index in [9.17, 15) is 4.79 Å². The van der Waals surface area contributed by atoms with E-state index in [1.165, 1.54) is 18.4 Å². The van der Waals surface area contributed by atoms with Gasteiger partial charge in [0.05, 0.1) is 44.8 Å². The van der Waals surface area contributed by atoms with Gasteiger partial charge in [-0.2, -0.15) is 5.10 Å². The van der Waals surface area contributed by atoms with Gasteiger partial charge in [0, 0.05) is 12.7 Å². The Hall–Kier alpha value is -3.22. The number of carbonyl (C=O) groups is 1. The minimum Gasteiger partial charge on any atom is -0.493 e. The first-order valence-electron chi connectivity index (χ1n) is 9.68. The second-order valence-corrected chi connectivity index (χ2v) is 7.13. The fraction of sp³-hybridized carbons (Fsp3) is 0.364. The lowest BCUT2D eigenvalue weighted by Crippen LogP contribution is -2.31. The Morgan fingerprint density at radius 3 is 2.76 bits per heavy atom. The molecule has 2 aromatic heterocycles. The molecule has 1 aromatic carbocycles. The van der Waals surface area contributed by atoms with Crippen LogP contribution in [0.25, 0.3) is 0 Å². The molecule has 0 aliphatic heterocycles. The number of aryl methyl sites for hydroxylation is 1. The van der Waals surface area contributed by atoms with Crippen LogP contribution in [0.2, 0.25) is 0 Å². The first-order valence-corrected chi connectivity index (χ1v) is 9.68. The number of amides is 1. The van der Waals surface area contributed by atoms with Gasteiger partial charge in [0.1, 0.15) is 5.76 Å². The zero-order chi connectivity index (χ0) is 20.4. The molecule has 0 spiro atoms. The summed E-state index contributed by atoms with van der Waals surface area (Å²) in [5.74, 6) is 1.51. The predicted octanol–water partition coefficient (Wildman–Crippen LogP) is 3.36. The quantitative estimate of drug-likeness (QED) is 0.614. The monoisotopic (exact) mass is 395 g/mol. The third-order valence-corrected chi connectivity index (χ3v) is 5.39. The first-order chi connectivity index (χ1) is 14.1. The number of hydrogen-bond acceptors (Lipinski definition) is 5. The molecule has 4 rings (SSSR count). The fourth-order valence-corrected chi connectivity index (χ4v) is 4.02. The van der Waals surface area contributed by atoms with Crippen LogP contribution >= 0.6 is 0 Å². The van der Waals surface area contributed by atoms with Crippen LogP contribution in [0.15, 0.2) is 41.0 Å². The Morgan fingerprint density at radius 1 is 1.17 bits per heavy atom. The molecule has 1 aliphatic rings. The predicted molar refractivity (Wildman–Crippen MR) is 107 cm³/mol. The molecule has 0 unspecified atom stereocenters. The van der Waals surface area contributed by atoms with Gasteiger partial charge in [0.15, 0.2) is 11.5 Å². The Labute approximate surface area is 169 Å². The second kappa shape index (κ2) is 8.03. The Balaban J connectivity index is 1.70. The molecule has 0 saturated carbocycles. The highest BCUT2D eigenvalue weighted by Crippen LogP contribution is 2.33. The molecular formula is C22H25N3O4. The summed E-state index contributed by atoms with van der Waals surface area (Å²) in [6.45, 7) is 0.751. The van der Waals surface area contributed by atoms with Crippen molar-refractivity contribution in [3.63, 3.8) is 0 Å². The topological polar surface area (TPSA) is 69.7 Å². The second-order valence-electron chi connectivity index (χ2n) is 7.13. The number of furan rings is 1. The number of carbonyl (C=O) groups excluding carboxylic acids is 1. The van der Waals surface area contributed by atoms with E-state index in [2.05, 4.69) is 5.10 Å². The average molecular weight is 395 g/mol. The number of aromatic nitrogens is 2. The van der Waals surface area contributed by atoms with Crippen molar-refractivity contribution in [1.29, 1.82) is 0 Å². The summed E-state index contributed by atoms with van der Waals surface area (Å²) in [5, 5.41) is 4.69. The molecule has 0 radical (unpaired) electrons. The van der Waals surface area contributed by atoms with Crippen molar-refractivity contribution >= 4 is 5.91 Å². The molecule has 1 aliphatic carbocycles. The van der Waals surface area contributed by atoms with Crippen molar-refractivity contribution in [3.8, 4) is 11.5 Å². The van der Waals surface area contributed by atoms with Crippen LogP contribution in [0.3, 0.4) is 0 Å². The molecule has 0 atom stereocenters. The summed E-state index contributed by atoms with van der Waals surface area (Å²) in [6.07, 6.45) is 4.78. The Bertz CT molecular complexity index is 1010. The first kappa shape index (κ1) is 19.1. The van der Waals surface area contributed by atoms with Gasteiger partial charge in [0.25, 0.3) is 5.91 Å². The molecule has 3 aromatic rings. The van der Waals surface area contributed by atoms with Gasteiger partial charge < -0.3 is 18.8 Å². The van der Waals surface area contributed by atoms with Gasteiger partial charge in [0.2, 0.25) is 0 Å². The molecule has 1 amide bonds. The molecule has 0 N–H and O–H groups in total. The van der Waals surface area contributed by atoms with E-state index in [4.69, 9.17) is 13.9 Å².